The van der Waals surface area contributed by atoms with Crippen molar-refractivity contribution in [2.75, 3.05) is 12.4 Å². The van der Waals surface area contributed by atoms with Crippen LogP contribution in [0.3, 0.4) is 0 Å². The summed E-state index contributed by atoms with van der Waals surface area (Å²) in [4.78, 5) is 9.45. The Morgan fingerprint density at radius 3 is 2.33 bits per heavy atom. The summed E-state index contributed by atoms with van der Waals surface area (Å²) in [5.41, 5.74) is 4.59. The number of hydrogen-bond acceptors (Lipinski definition) is 3. The molecule has 0 bridgehead atoms. The zero-order valence-electron chi connectivity index (χ0n) is 12.7. The Morgan fingerprint density at radius 1 is 1.19 bits per heavy atom. The first kappa shape index (κ1) is 16.7. The highest BCUT2D eigenvalue weighted by molar-refractivity contribution is 14.1. The van der Waals surface area contributed by atoms with Crippen LogP contribution < -0.4 is 5.32 Å². The van der Waals surface area contributed by atoms with E-state index in [0.717, 1.165) is 43.8 Å². The molecule has 1 heterocycles. The van der Waals surface area contributed by atoms with Crippen LogP contribution in [-0.4, -0.2) is 17.0 Å². The third-order valence-corrected chi connectivity index (χ3v) is 5.72. The number of benzene rings is 1. The highest BCUT2D eigenvalue weighted by Gasteiger charge is 2.13. The molecule has 112 valence electrons. The minimum absolute atomic E-state index is 0.793. The van der Waals surface area contributed by atoms with Crippen LogP contribution in [0.2, 0.25) is 0 Å². The van der Waals surface area contributed by atoms with Gasteiger partial charge in [-0.15, -0.1) is 0 Å². The van der Waals surface area contributed by atoms with Crippen LogP contribution in [0.4, 0.5) is 5.82 Å². The number of nitrogens with zero attached hydrogens (tertiary/aromatic N) is 2. The number of nitrogens with one attached hydrogen (secondary N) is 1. The zero-order chi connectivity index (χ0) is 15.6. The summed E-state index contributed by atoms with van der Waals surface area (Å²) in [6.45, 7) is 6.36. The van der Waals surface area contributed by atoms with Gasteiger partial charge in [0, 0.05) is 17.1 Å². The average molecular weight is 460 g/mol. The lowest BCUT2D eigenvalue weighted by atomic mass is 10.1. The molecule has 1 aromatic carbocycles. The molecule has 1 N–H and O–H groups in total. The maximum atomic E-state index is 4.78. The lowest BCUT2D eigenvalue weighted by Gasteiger charge is -2.12. The fourth-order valence-electron chi connectivity index (χ4n) is 2.27. The number of hydrogen-bond donors (Lipinski definition) is 1. The topological polar surface area (TPSA) is 37.8 Å². The molecule has 0 saturated carbocycles. The summed E-state index contributed by atoms with van der Waals surface area (Å²) in [6.07, 6.45) is 2.05. The van der Waals surface area contributed by atoms with Crippen molar-refractivity contribution < 1.29 is 0 Å². The summed E-state index contributed by atoms with van der Waals surface area (Å²) in [6, 6.07) is 4.27. The Morgan fingerprint density at radius 2 is 1.81 bits per heavy atom. The molecule has 0 atom stereocenters. The fraction of sp³-hybridized carbons (Fsp3) is 0.375. The maximum Gasteiger partial charge on any atom is 0.161 e. The van der Waals surface area contributed by atoms with Crippen molar-refractivity contribution in [2.45, 2.75) is 33.6 Å². The first-order chi connectivity index (χ1) is 9.97. The number of rotatable bonds is 4. The normalized spacial score (nSPS) is 10.8. The Bertz CT molecular complexity index is 648. The molecular weight excluding hydrogens is 441 g/mol. The zero-order valence-corrected chi connectivity index (χ0v) is 16.5. The monoisotopic (exact) mass is 459 g/mol. The van der Waals surface area contributed by atoms with E-state index in [1.165, 1.54) is 11.1 Å². The van der Waals surface area contributed by atoms with Gasteiger partial charge in [-0.05, 0) is 66.1 Å². The summed E-state index contributed by atoms with van der Waals surface area (Å²) < 4.78 is 2.27. The molecule has 0 unspecified atom stereocenters. The van der Waals surface area contributed by atoms with E-state index < -0.39 is 0 Å². The third-order valence-electron chi connectivity index (χ3n) is 3.34. The Kier molecular flexibility index (Phi) is 5.60. The summed E-state index contributed by atoms with van der Waals surface area (Å²) >= 11 is 5.93. The molecule has 5 heteroatoms. The van der Waals surface area contributed by atoms with E-state index >= 15 is 0 Å². The highest BCUT2D eigenvalue weighted by Crippen LogP contribution is 2.29. The second-order valence-electron chi connectivity index (χ2n) is 5.08. The first-order valence-corrected chi connectivity index (χ1v) is 8.86. The van der Waals surface area contributed by atoms with Gasteiger partial charge in [0.2, 0.25) is 0 Å². The van der Waals surface area contributed by atoms with Gasteiger partial charge in [0.05, 0.1) is 9.26 Å². The first-order valence-electron chi connectivity index (χ1n) is 6.99. The molecule has 21 heavy (non-hydrogen) atoms. The standard InChI is InChI=1S/C16H19BrIN3/c1-5-6-12-14(18)16(19-4)21-15(20-12)11-7-9(2)13(17)10(3)8-11/h7-8H,5-6H2,1-4H3,(H,19,20,21). The van der Waals surface area contributed by atoms with Crippen molar-refractivity contribution in [3.05, 3.63) is 37.0 Å². The summed E-state index contributed by atoms with van der Waals surface area (Å²) in [7, 11) is 1.90. The van der Waals surface area contributed by atoms with Gasteiger partial charge >= 0.3 is 0 Å². The van der Waals surface area contributed by atoms with Gasteiger partial charge in [0.25, 0.3) is 0 Å². The number of anilines is 1. The van der Waals surface area contributed by atoms with Crippen LogP contribution in [0, 0.1) is 17.4 Å². The average Bonchev–Trinajstić information content (AvgIpc) is 2.46. The lowest BCUT2D eigenvalue weighted by molar-refractivity contribution is 0.868. The van der Waals surface area contributed by atoms with Gasteiger partial charge < -0.3 is 5.32 Å². The fourth-order valence-corrected chi connectivity index (χ4v) is 3.28. The van der Waals surface area contributed by atoms with Crippen molar-refractivity contribution >= 4 is 44.3 Å². The lowest BCUT2D eigenvalue weighted by Crippen LogP contribution is -2.05. The quantitative estimate of drug-likeness (QED) is 0.644. The van der Waals surface area contributed by atoms with Crippen LogP contribution in [0.15, 0.2) is 16.6 Å². The third kappa shape index (κ3) is 3.56. The number of halogens is 2. The van der Waals surface area contributed by atoms with Crippen molar-refractivity contribution in [3.8, 4) is 11.4 Å². The second-order valence-corrected chi connectivity index (χ2v) is 6.95. The molecule has 0 saturated heterocycles. The minimum Gasteiger partial charge on any atom is -0.372 e. The van der Waals surface area contributed by atoms with Crippen molar-refractivity contribution in [2.24, 2.45) is 0 Å². The molecule has 3 nitrogen and oxygen atoms in total. The maximum absolute atomic E-state index is 4.78. The van der Waals surface area contributed by atoms with Crippen molar-refractivity contribution in [3.63, 3.8) is 0 Å². The van der Waals surface area contributed by atoms with E-state index in [9.17, 15) is 0 Å². The van der Waals surface area contributed by atoms with Crippen LogP contribution in [-0.2, 0) is 6.42 Å². The van der Waals surface area contributed by atoms with Gasteiger partial charge in [0.15, 0.2) is 5.82 Å². The van der Waals surface area contributed by atoms with Gasteiger partial charge in [-0.3, -0.25) is 0 Å². The predicted molar refractivity (Wildman–Crippen MR) is 101 cm³/mol. The molecule has 0 aliphatic carbocycles. The summed E-state index contributed by atoms with van der Waals surface area (Å²) in [5.74, 6) is 1.70. The number of aromatic nitrogens is 2. The second kappa shape index (κ2) is 7.05. The smallest absolute Gasteiger partial charge is 0.161 e. The molecule has 0 aliphatic rings. The van der Waals surface area contributed by atoms with Crippen LogP contribution in [0.25, 0.3) is 11.4 Å². The van der Waals surface area contributed by atoms with Crippen molar-refractivity contribution in [1.82, 2.24) is 9.97 Å². The molecule has 0 aliphatic heterocycles. The van der Waals surface area contributed by atoms with E-state index in [1.807, 2.05) is 7.05 Å². The van der Waals surface area contributed by atoms with E-state index in [2.05, 4.69) is 81.7 Å². The molecule has 2 aromatic rings. The van der Waals surface area contributed by atoms with Gasteiger partial charge in [-0.25, -0.2) is 9.97 Å². The number of aryl methyl sites for hydroxylation is 3. The van der Waals surface area contributed by atoms with E-state index in [0.29, 0.717) is 0 Å². The Hall–Kier alpha value is -0.690. The van der Waals surface area contributed by atoms with Crippen LogP contribution in [0.1, 0.15) is 30.2 Å². The Labute approximate surface area is 148 Å². The van der Waals surface area contributed by atoms with Gasteiger partial charge in [-0.2, -0.15) is 0 Å². The van der Waals surface area contributed by atoms with E-state index in [1.54, 1.807) is 0 Å². The molecular formula is C16H19BrIN3. The minimum atomic E-state index is 0.793. The molecule has 0 fully saturated rings. The predicted octanol–water partition coefficient (Wildman–Crippen LogP) is 5.12. The molecule has 0 radical (unpaired) electrons. The van der Waals surface area contributed by atoms with Crippen molar-refractivity contribution in [1.29, 1.82) is 0 Å². The van der Waals surface area contributed by atoms with Crippen LogP contribution in [0.5, 0.6) is 0 Å². The van der Waals surface area contributed by atoms with E-state index in [4.69, 9.17) is 4.98 Å². The molecule has 0 spiro atoms. The molecule has 1 aromatic heterocycles. The molecule has 0 amide bonds. The SMILES string of the molecule is CCCc1nc(-c2cc(C)c(Br)c(C)c2)nc(NC)c1I. The van der Waals surface area contributed by atoms with E-state index in [-0.39, 0.29) is 0 Å². The summed E-state index contributed by atoms with van der Waals surface area (Å²) in [5, 5.41) is 3.18. The van der Waals surface area contributed by atoms with Gasteiger partial charge in [-0.1, -0.05) is 29.3 Å². The highest BCUT2D eigenvalue weighted by atomic mass is 127. The largest absolute Gasteiger partial charge is 0.372 e. The Balaban J connectivity index is 2.60. The van der Waals surface area contributed by atoms with Crippen LogP contribution >= 0.6 is 38.5 Å². The van der Waals surface area contributed by atoms with Gasteiger partial charge in [0.1, 0.15) is 5.82 Å². The molecule has 2 rings (SSSR count).